The molecule has 7 heteroatoms. The Hall–Kier alpha value is -1.20. The van der Waals surface area contributed by atoms with E-state index in [0.29, 0.717) is 0 Å². The summed E-state index contributed by atoms with van der Waals surface area (Å²) in [6.45, 7) is 1.34. The Morgan fingerprint density at radius 1 is 1.45 bits per heavy atom. The predicted octanol–water partition coefficient (Wildman–Crippen LogP) is -0.705. The topological polar surface area (TPSA) is 105 Å². The lowest BCUT2D eigenvalue weighted by molar-refractivity contribution is 0.405. The highest BCUT2D eigenvalue weighted by Gasteiger charge is 2.38. The Morgan fingerprint density at radius 2 is 2.00 bits per heavy atom. The second-order valence-electron chi connectivity index (χ2n) is 1.74. The Kier molecular flexibility index (Phi) is 2.35. The molecule has 0 atom stereocenters. The summed E-state index contributed by atoms with van der Waals surface area (Å²) in [6.07, 6.45) is -0.00694. The fraction of sp³-hybridized carbons (Fsp3) is 0.250. The lowest BCUT2D eigenvalue weighted by Crippen LogP contribution is -2.14. The molecule has 0 saturated carbocycles. The highest BCUT2D eigenvalue weighted by Crippen LogP contribution is 2.15. The van der Waals surface area contributed by atoms with Gasteiger partial charge in [-0.05, 0) is 11.1 Å². The van der Waals surface area contributed by atoms with Gasteiger partial charge in [0.25, 0.3) is 6.17 Å². The van der Waals surface area contributed by atoms with E-state index in [9.17, 15) is 0 Å². The maximum absolute atomic E-state index is 8.87. The highest BCUT2D eigenvalue weighted by atomic mass is 16.3. The number of rotatable bonds is 1. The van der Waals surface area contributed by atoms with Gasteiger partial charge in [0.2, 0.25) is 5.39 Å². The van der Waals surface area contributed by atoms with E-state index in [0.717, 1.165) is 0 Å². The molecule has 0 amide bonds. The molecule has 1 fully saturated rings. The molecule has 1 heterocycles. The Morgan fingerprint density at radius 3 is 2.36 bits per heavy atom. The number of aliphatic hydroxyl groups excluding tert-OH is 1. The molecule has 55 valence electrons. The molecule has 0 aromatic rings. The maximum atomic E-state index is 8.87. The van der Waals surface area contributed by atoms with E-state index in [1.165, 1.54) is 6.92 Å². The first-order chi connectivity index (χ1) is 5.25. The quantitative estimate of drug-likeness (QED) is 0.396. The van der Waals surface area contributed by atoms with Gasteiger partial charge >= 0.3 is 5.70 Å². The predicted molar refractivity (Wildman–Crippen MR) is 32.2 cm³/mol. The van der Waals surface area contributed by atoms with Gasteiger partial charge in [-0.2, -0.15) is 0 Å². The number of nitrogens with zero attached hydrogens (tertiary/aromatic N) is 6. The van der Waals surface area contributed by atoms with E-state index in [4.69, 9.17) is 10.5 Å². The first kappa shape index (κ1) is 7.90. The minimum Gasteiger partial charge on any atom is -0.505 e. The van der Waals surface area contributed by atoms with Gasteiger partial charge in [0.05, 0.1) is 0 Å². The van der Waals surface area contributed by atoms with E-state index in [-0.39, 0.29) is 17.6 Å². The first-order valence-electron chi connectivity index (χ1n) is 2.69. The molecule has 0 bridgehead atoms. The smallest absolute Gasteiger partial charge is 0.442 e. The van der Waals surface area contributed by atoms with Gasteiger partial charge in [-0.25, -0.2) is 0 Å². The normalized spacial score (nSPS) is 21.1. The molecule has 0 unspecified atom stereocenters. The fourth-order valence-corrected chi connectivity index (χ4v) is 0.518. The summed E-state index contributed by atoms with van der Waals surface area (Å²) in [4.78, 5) is 2.75. The lowest BCUT2D eigenvalue weighted by Gasteiger charge is -1.89. The van der Waals surface area contributed by atoms with Gasteiger partial charge < -0.3 is 5.11 Å². The van der Waals surface area contributed by atoms with E-state index in [1.807, 2.05) is 0 Å². The van der Waals surface area contributed by atoms with Crippen LogP contribution in [0.15, 0.2) is 11.5 Å². The van der Waals surface area contributed by atoms with Crippen molar-refractivity contribution >= 4 is 0 Å². The zero-order valence-corrected chi connectivity index (χ0v) is 5.63. The summed E-state index contributed by atoms with van der Waals surface area (Å²) >= 11 is 0. The van der Waals surface area contributed by atoms with Crippen LogP contribution in [-0.2, 0) is 0 Å². The van der Waals surface area contributed by atoms with Gasteiger partial charge in [-0.1, -0.05) is 10.9 Å². The molecule has 1 saturated heterocycles. The van der Waals surface area contributed by atoms with Crippen LogP contribution in [0, 0.1) is 11.6 Å². The van der Waals surface area contributed by atoms with Crippen molar-refractivity contribution in [1.29, 1.82) is 5.39 Å². The van der Waals surface area contributed by atoms with Crippen molar-refractivity contribution < 1.29 is 5.11 Å². The number of diazo groups is 1. The number of hydrogen-bond donors (Lipinski definition) is 1. The van der Waals surface area contributed by atoms with Crippen molar-refractivity contribution in [1.82, 2.24) is 21.9 Å². The van der Waals surface area contributed by atoms with Crippen LogP contribution in [0.2, 0.25) is 0 Å². The Bertz CT molecular complexity index is 207. The van der Waals surface area contributed by atoms with Crippen LogP contribution in [0.3, 0.4) is 0 Å². The van der Waals surface area contributed by atoms with Gasteiger partial charge in [-0.3, -0.25) is 0 Å². The SMILES string of the molecule is C/C(O)=C(/[N+]#N)[C]1[N][N][N][N]1. The molecule has 5 radical (unpaired) electrons. The fourth-order valence-electron chi connectivity index (χ4n) is 0.518. The minimum absolute atomic E-state index is 0.00694. The summed E-state index contributed by atoms with van der Waals surface area (Å²) in [5, 5.41) is 17.2. The van der Waals surface area contributed by atoms with Crippen LogP contribution < -0.4 is 21.9 Å². The summed E-state index contributed by atoms with van der Waals surface area (Å²) in [7, 11) is 0. The van der Waals surface area contributed by atoms with Crippen LogP contribution in [0.25, 0.3) is 4.98 Å². The van der Waals surface area contributed by atoms with Gasteiger partial charge in [0.1, 0.15) is 0 Å². The van der Waals surface area contributed by atoms with Gasteiger partial charge in [0.15, 0.2) is 10.7 Å². The van der Waals surface area contributed by atoms with Crippen molar-refractivity contribution in [2.75, 3.05) is 0 Å². The van der Waals surface area contributed by atoms with Crippen LogP contribution >= 0.6 is 0 Å². The molecule has 1 N–H and O–H groups in total. The summed E-state index contributed by atoms with van der Waals surface area (Å²) < 4.78 is 0. The minimum atomic E-state index is -0.192. The van der Waals surface area contributed by atoms with E-state index < -0.39 is 0 Å². The third-order valence-electron chi connectivity index (χ3n) is 0.973. The first-order valence-corrected chi connectivity index (χ1v) is 2.69. The summed E-state index contributed by atoms with van der Waals surface area (Å²) in [6, 6.07) is 0. The van der Waals surface area contributed by atoms with E-state index in [2.05, 4.69) is 26.9 Å². The van der Waals surface area contributed by atoms with Crippen LogP contribution in [0.5, 0.6) is 0 Å². The van der Waals surface area contributed by atoms with E-state index in [1.54, 1.807) is 0 Å². The Labute approximate surface area is 63.0 Å². The standard InChI is InChI=1S/C4H3N6O/c1-2(11)3(6-5)4-7-9-10-8-4/h1H3/p+1/b3-2-. The molecule has 0 aromatic heterocycles. The zero-order chi connectivity index (χ0) is 8.27. The maximum Gasteiger partial charge on any atom is 0.442 e. The number of aliphatic hydroxyl groups is 1. The number of allylic oxidation sites excluding steroid dienone is 1. The molecular weight excluding hydrogens is 148 g/mol. The van der Waals surface area contributed by atoms with Crippen molar-refractivity contribution in [3.8, 4) is 0 Å². The average Bonchev–Trinajstić information content (AvgIpc) is 2.40. The lowest BCUT2D eigenvalue weighted by atomic mass is 10.3. The Balaban J connectivity index is 2.71. The molecule has 0 aromatic carbocycles. The van der Waals surface area contributed by atoms with Crippen LogP contribution in [0.1, 0.15) is 6.92 Å². The second-order valence-corrected chi connectivity index (χ2v) is 1.74. The molecule has 7 nitrogen and oxygen atoms in total. The molecule has 1 aliphatic rings. The summed E-state index contributed by atoms with van der Waals surface area (Å²) in [5.74, 6) is -0.192. The van der Waals surface area contributed by atoms with E-state index >= 15 is 0 Å². The average molecular weight is 152 g/mol. The van der Waals surface area contributed by atoms with Crippen molar-refractivity contribution in [3.63, 3.8) is 0 Å². The van der Waals surface area contributed by atoms with Gasteiger partial charge in [0, 0.05) is 6.92 Å². The van der Waals surface area contributed by atoms with Crippen molar-refractivity contribution in [2.45, 2.75) is 6.92 Å². The third-order valence-corrected chi connectivity index (χ3v) is 0.973. The monoisotopic (exact) mass is 152 g/mol. The molecule has 11 heavy (non-hydrogen) atoms. The van der Waals surface area contributed by atoms with Crippen molar-refractivity contribution in [2.24, 2.45) is 0 Å². The molecular formula is C4H4N6O+. The third kappa shape index (κ3) is 1.63. The molecule has 0 spiro atoms. The largest absolute Gasteiger partial charge is 0.505 e. The molecule has 0 aliphatic carbocycles. The van der Waals surface area contributed by atoms with Crippen LogP contribution in [-0.4, -0.2) is 5.11 Å². The van der Waals surface area contributed by atoms with Gasteiger partial charge in [-0.15, -0.1) is 0 Å². The zero-order valence-electron chi connectivity index (χ0n) is 5.63. The second kappa shape index (κ2) is 3.27. The number of hydrogen-bond acceptors (Lipinski definition) is 2. The van der Waals surface area contributed by atoms with Crippen molar-refractivity contribution in [3.05, 3.63) is 22.6 Å². The molecule has 1 rings (SSSR count). The van der Waals surface area contributed by atoms with Crippen LogP contribution in [0.4, 0.5) is 0 Å². The molecule has 1 aliphatic heterocycles. The summed E-state index contributed by atoms with van der Waals surface area (Å²) in [5.41, 5.74) is 12.9. The highest BCUT2D eigenvalue weighted by molar-refractivity contribution is 5.28.